The zero-order valence-electron chi connectivity index (χ0n) is 14.9. The summed E-state index contributed by atoms with van der Waals surface area (Å²) in [6.07, 6.45) is 2.52. The Kier molecular flexibility index (Phi) is 7.37. The van der Waals surface area contributed by atoms with Gasteiger partial charge in [0.25, 0.3) is 0 Å². The van der Waals surface area contributed by atoms with E-state index in [0.29, 0.717) is 10.9 Å². The second kappa shape index (κ2) is 9.74. The number of thioether (sulfide) groups is 1. The molecule has 1 aromatic heterocycles. The highest BCUT2D eigenvalue weighted by Crippen LogP contribution is 2.21. The fourth-order valence-electron chi connectivity index (χ4n) is 2.88. The summed E-state index contributed by atoms with van der Waals surface area (Å²) < 4.78 is 0. The molecule has 0 spiro atoms. The maximum atomic E-state index is 12.1. The van der Waals surface area contributed by atoms with Gasteiger partial charge in [0.2, 0.25) is 5.91 Å². The molecule has 1 aliphatic heterocycles. The molecular formula is C19H24ClN3OS2. The normalized spacial score (nSPS) is 15.9. The molecule has 7 heteroatoms. The Labute approximate surface area is 168 Å². The molecule has 1 N–H and O–H groups in total. The van der Waals surface area contributed by atoms with E-state index in [9.17, 15) is 4.79 Å². The van der Waals surface area contributed by atoms with E-state index < -0.39 is 0 Å². The van der Waals surface area contributed by atoms with Crippen LogP contribution in [0, 0.1) is 5.92 Å². The number of anilines is 1. The zero-order chi connectivity index (χ0) is 18.4. The van der Waals surface area contributed by atoms with Gasteiger partial charge in [-0.1, -0.05) is 30.7 Å². The first kappa shape index (κ1) is 19.7. The molecule has 1 amide bonds. The van der Waals surface area contributed by atoms with Gasteiger partial charge < -0.3 is 5.32 Å². The molecule has 0 radical (unpaired) electrons. The minimum atomic E-state index is -0.00309. The predicted molar refractivity (Wildman–Crippen MR) is 112 cm³/mol. The molecule has 4 nitrogen and oxygen atoms in total. The Bertz CT molecular complexity index is 712. The number of hydrogen-bond acceptors (Lipinski definition) is 5. The summed E-state index contributed by atoms with van der Waals surface area (Å²) in [6.45, 7) is 5.48. The lowest BCUT2D eigenvalue weighted by Crippen LogP contribution is -2.32. The highest BCUT2D eigenvalue weighted by atomic mass is 35.5. The average molecular weight is 410 g/mol. The SMILES string of the molecule is CC1CCN(Cc2csc(NC(=O)CSCc3ccc(Cl)cc3)n2)CC1. The molecule has 140 valence electrons. The number of halogens is 1. The van der Waals surface area contributed by atoms with Crippen LogP contribution in [0.1, 0.15) is 31.0 Å². The maximum absolute atomic E-state index is 12.1. The summed E-state index contributed by atoms with van der Waals surface area (Å²) in [5, 5.41) is 6.39. The van der Waals surface area contributed by atoms with E-state index in [4.69, 9.17) is 11.6 Å². The first-order valence-corrected chi connectivity index (χ1v) is 11.3. The second-order valence-electron chi connectivity index (χ2n) is 6.77. The van der Waals surface area contributed by atoms with Crippen molar-refractivity contribution in [1.82, 2.24) is 9.88 Å². The van der Waals surface area contributed by atoms with E-state index in [1.807, 2.05) is 24.3 Å². The molecule has 0 aliphatic carbocycles. The van der Waals surface area contributed by atoms with Crippen LogP contribution in [0.4, 0.5) is 5.13 Å². The van der Waals surface area contributed by atoms with Gasteiger partial charge in [-0.25, -0.2) is 4.98 Å². The summed E-state index contributed by atoms with van der Waals surface area (Å²) in [5.74, 6) is 2.04. The molecule has 0 bridgehead atoms. The van der Waals surface area contributed by atoms with E-state index in [1.54, 1.807) is 11.8 Å². The number of carbonyl (C=O) groups excluding carboxylic acids is 1. The van der Waals surface area contributed by atoms with Gasteiger partial charge >= 0.3 is 0 Å². The molecule has 0 saturated carbocycles. The lowest BCUT2D eigenvalue weighted by molar-refractivity contribution is -0.113. The van der Waals surface area contributed by atoms with Crippen molar-refractivity contribution in [3.63, 3.8) is 0 Å². The Morgan fingerprint density at radius 1 is 1.35 bits per heavy atom. The van der Waals surface area contributed by atoms with E-state index in [1.165, 1.54) is 29.7 Å². The summed E-state index contributed by atoms with van der Waals surface area (Å²) in [4.78, 5) is 19.1. The number of amides is 1. The van der Waals surface area contributed by atoms with Gasteiger partial charge in [0.15, 0.2) is 5.13 Å². The third kappa shape index (κ3) is 6.27. The van der Waals surface area contributed by atoms with E-state index >= 15 is 0 Å². The monoisotopic (exact) mass is 409 g/mol. The largest absolute Gasteiger partial charge is 0.301 e. The lowest BCUT2D eigenvalue weighted by atomic mass is 9.99. The number of benzene rings is 1. The highest BCUT2D eigenvalue weighted by Gasteiger charge is 2.17. The van der Waals surface area contributed by atoms with Crippen molar-refractivity contribution in [2.45, 2.75) is 32.1 Å². The van der Waals surface area contributed by atoms with Crippen molar-refractivity contribution < 1.29 is 4.79 Å². The first-order valence-electron chi connectivity index (χ1n) is 8.87. The molecule has 2 aromatic rings. The summed E-state index contributed by atoms with van der Waals surface area (Å²) in [5.41, 5.74) is 2.22. The number of carbonyl (C=O) groups is 1. The highest BCUT2D eigenvalue weighted by molar-refractivity contribution is 7.99. The van der Waals surface area contributed by atoms with E-state index in [-0.39, 0.29) is 5.91 Å². The zero-order valence-corrected chi connectivity index (χ0v) is 17.3. The van der Waals surface area contributed by atoms with Crippen LogP contribution in [0.5, 0.6) is 0 Å². The number of piperidine rings is 1. The molecule has 0 atom stereocenters. The Hall–Kier alpha value is -1.08. The van der Waals surface area contributed by atoms with Gasteiger partial charge in [-0.2, -0.15) is 0 Å². The third-order valence-electron chi connectivity index (χ3n) is 4.48. The fraction of sp³-hybridized carbons (Fsp3) is 0.474. The van der Waals surface area contributed by atoms with Crippen molar-refractivity contribution in [3.8, 4) is 0 Å². The average Bonchev–Trinajstić information content (AvgIpc) is 3.05. The van der Waals surface area contributed by atoms with Crippen molar-refractivity contribution in [1.29, 1.82) is 0 Å². The summed E-state index contributed by atoms with van der Waals surface area (Å²) in [6, 6.07) is 7.72. The Morgan fingerprint density at radius 3 is 2.81 bits per heavy atom. The number of aromatic nitrogens is 1. The number of thiazole rings is 1. The number of hydrogen-bond donors (Lipinski definition) is 1. The van der Waals surface area contributed by atoms with Crippen molar-refractivity contribution in [2.75, 3.05) is 24.2 Å². The van der Waals surface area contributed by atoms with Crippen LogP contribution in [-0.4, -0.2) is 34.6 Å². The summed E-state index contributed by atoms with van der Waals surface area (Å²) >= 11 is 8.97. The van der Waals surface area contributed by atoms with Crippen molar-refractivity contribution in [3.05, 3.63) is 45.9 Å². The van der Waals surface area contributed by atoms with Gasteiger partial charge in [0, 0.05) is 22.7 Å². The Balaban J connectivity index is 1.39. The topological polar surface area (TPSA) is 45.2 Å². The molecule has 1 saturated heterocycles. The standard InChI is InChI=1S/C19H24ClN3OS2/c1-14-6-8-23(9-7-14)10-17-12-26-19(21-17)22-18(24)13-25-11-15-2-4-16(20)5-3-15/h2-5,12,14H,6-11,13H2,1H3,(H,21,22,24). The quantitative estimate of drug-likeness (QED) is 0.706. The molecule has 2 heterocycles. The predicted octanol–water partition coefficient (Wildman–Crippen LogP) is 4.90. The van der Waals surface area contributed by atoms with Crippen molar-refractivity contribution >= 4 is 45.7 Å². The van der Waals surface area contributed by atoms with Crippen LogP contribution in [0.25, 0.3) is 0 Å². The molecule has 1 aromatic carbocycles. The van der Waals surface area contributed by atoms with Crippen LogP contribution < -0.4 is 5.32 Å². The minimum absolute atomic E-state index is 0.00309. The number of nitrogens with one attached hydrogen (secondary N) is 1. The van der Waals surface area contributed by atoms with Gasteiger partial charge in [0.1, 0.15) is 0 Å². The molecule has 0 unspecified atom stereocenters. The molecule has 1 aliphatic rings. The summed E-state index contributed by atoms with van der Waals surface area (Å²) in [7, 11) is 0. The fourth-order valence-corrected chi connectivity index (χ4v) is 4.52. The molecular weight excluding hydrogens is 386 g/mol. The molecule has 3 rings (SSSR count). The maximum Gasteiger partial charge on any atom is 0.236 e. The van der Waals surface area contributed by atoms with Crippen molar-refractivity contribution in [2.24, 2.45) is 5.92 Å². The number of nitrogens with zero attached hydrogens (tertiary/aromatic N) is 2. The van der Waals surface area contributed by atoms with Crippen LogP contribution in [0.3, 0.4) is 0 Å². The third-order valence-corrected chi connectivity index (χ3v) is 6.54. The first-order chi connectivity index (χ1) is 12.6. The van der Waals surface area contributed by atoms with Crippen LogP contribution >= 0.6 is 34.7 Å². The Morgan fingerprint density at radius 2 is 2.08 bits per heavy atom. The van der Waals surface area contributed by atoms with E-state index in [2.05, 4.69) is 27.5 Å². The lowest BCUT2D eigenvalue weighted by Gasteiger charge is -2.29. The van der Waals surface area contributed by atoms with Crippen LogP contribution in [-0.2, 0) is 17.1 Å². The second-order valence-corrected chi connectivity index (χ2v) is 9.05. The van der Waals surface area contributed by atoms with Gasteiger partial charge in [-0.3, -0.25) is 9.69 Å². The number of likely N-dealkylation sites (tertiary alicyclic amines) is 1. The molecule has 1 fully saturated rings. The van der Waals surface area contributed by atoms with Gasteiger partial charge in [-0.15, -0.1) is 23.1 Å². The smallest absolute Gasteiger partial charge is 0.236 e. The van der Waals surface area contributed by atoms with Crippen LogP contribution in [0.2, 0.25) is 5.02 Å². The van der Waals surface area contributed by atoms with Crippen LogP contribution in [0.15, 0.2) is 29.6 Å². The minimum Gasteiger partial charge on any atom is -0.301 e. The number of rotatable bonds is 7. The molecule has 26 heavy (non-hydrogen) atoms. The van der Waals surface area contributed by atoms with Gasteiger partial charge in [0.05, 0.1) is 11.4 Å². The van der Waals surface area contributed by atoms with Gasteiger partial charge in [-0.05, 0) is 49.5 Å². The van der Waals surface area contributed by atoms with E-state index in [0.717, 1.165) is 42.0 Å².